The Balaban J connectivity index is 0.00000156. The fourth-order valence-electron chi connectivity index (χ4n) is 3.70. The maximum absolute atomic E-state index is 12.7. The first kappa shape index (κ1) is 16.8. The molecule has 6 heteroatoms. The van der Waals surface area contributed by atoms with Crippen LogP contribution in [0.3, 0.4) is 0 Å². The molecule has 2 fully saturated rings. The quantitative estimate of drug-likeness (QED) is 0.795. The zero-order valence-corrected chi connectivity index (χ0v) is 15.2. The molecule has 2 aromatic rings. The highest BCUT2D eigenvalue weighted by Gasteiger charge is 2.32. The minimum atomic E-state index is 0. The highest BCUT2D eigenvalue weighted by Crippen LogP contribution is 2.29. The summed E-state index contributed by atoms with van der Waals surface area (Å²) in [7, 11) is 0. The molecule has 1 aromatic heterocycles. The molecule has 0 aliphatic carbocycles. The van der Waals surface area contributed by atoms with Crippen molar-refractivity contribution in [2.24, 2.45) is 11.8 Å². The molecule has 1 amide bonds. The van der Waals surface area contributed by atoms with Gasteiger partial charge in [-0.05, 0) is 62.0 Å². The second-order valence-corrected chi connectivity index (χ2v) is 7.26. The number of fused-ring (bicyclic) bond motifs is 2. The van der Waals surface area contributed by atoms with Gasteiger partial charge in [-0.1, -0.05) is 15.9 Å². The summed E-state index contributed by atoms with van der Waals surface area (Å²) >= 11 is 3.45. The van der Waals surface area contributed by atoms with E-state index in [0.717, 1.165) is 66.3 Å². The van der Waals surface area contributed by atoms with Crippen molar-refractivity contribution in [2.75, 3.05) is 26.2 Å². The number of amides is 1. The Bertz CT molecular complexity index is 704. The van der Waals surface area contributed by atoms with Crippen LogP contribution in [0.1, 0.15) is 23.4 Å². The Kier molecular flexibility index (Phi) is 4.99. The van der Waals surface area contributed by atoms with Crippen LogP contribution in [-0.4, -0.2) is 37.0 Å². The fraction of sp³-hybridized carbons (Fsp3) is 0.471. The van der Waals surface area contributed by atoms with Crippen LogP contribution in [0.4, 0.5) is 0 Å². The number of nitrogens with one attached hydrogen (secondary N) is 1. The molecule has 23 heavy (non-hydrogen) atoms. The fourth-order valence-corrected chi connectivity index (χ4v) is 4.08. The first-order valence-corrected chi connectivity index (χ1v) is 8.69. The van der Waals surface area contributed by atoms with Gasteiger partial charge in [0.05, 0.1) is 0 Å². The molecule has 2 aliphatic heterocycles. The van der Waals surface area contributed by atoms with Gasteiger partial charge in [0, 0.05) is 22.9 Å². The number of halogens is 2. The van der Waals surface area contributed by atoms with Gasteiger partial charge in [0.2, 0.25) is 0 Å². The maximum Gasteiger partial charge on any atom is 0.289 e. The van der Waals surface area contributed by atoms with Crippen LogP contribution in [-0.2, 0) is 0 Å². The summed E-state index contributed by atoms with van der Waals surface area (Å²) in [5, 5.41) is 4.43. The highest BCUT2D eigenvalue weighted by atomic mass is 79.9. The summed E-state index contributed by atoms with van der Waals surface area (Å²) in [6.07, 6.45) is 2.18. The van der Waals surface area contributed by atoms with Crippen LogP contribution < -0.4 is 5.32 Å². The van der Waals surface area contributed by atoms with E-state index >= 15 is 0 Å². The minimum absolute atomic E-state index is 0. The van der Waals surface area contributed by atoms with Crippen molar-refractivity contribution < 1.29 is 9.21 Å². The molecule has 0 radical (unpaired) electrons. The highest BCUT2D eigenvalue weighted by molar-refractivity contribution is 9.10. The van der Waals surface area contributed by atoms with Crippen molar-refractivity contribution in [1.82, 2.24) is 10.2 Å². The Morgan fingerprint density at radius 2 is 1.87 bits per heavy atom. The Morgan fingerprint density at radius 3 is 2.57 bits per heavy atom. The molecule has 124 valence electrons. The van der Waals surface area contributed by atoms with E-state index < -0.39 is 0 Å². The average Bonchev–Trinajstić information content (AvgIpc) is 3.08. The van der Waals surface area contributed by atoms with Crippen LogP contribution in [0, 0.1) is 11.8 Å². The second kappa shape index (κ2) is 6.83. The lowest BCUT2D eigenvalue weighted by atomic mass is 9.92. The molecular weight excluding hydrogens is 380 g/mol. The SMILES string of the molecule is Cl.O=C(c1cc2cc(Br)ccc2o1)N1CC[C@@H]2CNC[C@@H]2CC1. The lowest BCUT2D eigenvalue weighted by Crippen LogP contribution is -2.32. The normalized spacial score (nSPS) is 24.1. The van der Waals surface area contributed by atoms with Gasteiger partial charge in [-0.15, -0.1) is 12.4 Å². The average molecular weight is 400 g/mol. The molecule has 1 aromatic carbocycles. The Morgan fingerprint density at radius 1 is 1.17 bits per heavy atom. The van der Waals surface area contributed by atoms with Gasteiger partial charge < -0.3 is 14.6 Å². The summed E-state index contributed by atoms with van der Waals surface area (Å²) in [4.78, 5) is 14.7. The van der Waals surface area contributed by atoms with Crippen molar-refractivity contribution in [3.63, 3.8) is 0 Å². The molecule has 1 N–H and O–H groups in total. The molecule has 3 heterocycles. The van der Waals surface area contributed by atoms with Crippen molar-refractivity contribution in [3.8, 4) is 0 Å². The van der Waals surface area contributed by atoms with Gasteiger partial charge in [-0.2, -0.15) is 0 Å². The number of carbonyl (C=O) groups excluding carboxylic acids is 1. The molecular formula is C17H20BrClN2O2. The minimum Gasteiger partial charge on any atom is -0.451 e. The monoisotopic (exact) mass is 398 g/mol. The van der Waals surface area contributed by atoms with E-state index in [4.69, 9.17) is 4.42 Å². The Labute approximate surface area is 150 Å². The van der Waals surface area contributed by atoms with E-state index in [0.29, 0.717) is 5.76 Å². The van der Waals surface area contributed by atoms with Gasteiger partial charge in [-0.3, -0.25) is 4.79 Å². The second-order valence-electron chi connectivity index (χ2n) is 6.34. The third-order valence-corrected chi connectivity index (χ3v) is 5.49. The first-order valence-electron chi connectivity index (χ1n) is 7.90. The number of rotatable bonds is 1. The number of hydrogen-bond donors (Lipinski definition) is 1. The van der Waals surface area contributed by atoms with Gasteiger partial charge in [0.1, 0.15) is 5.58 Å². The zero-order chi connectivity index (χ0) is 15.1. The molecule has 0 saturated carbocycles. The third kappa shape index (κ3) is 3.28. The summed E-state index contributed by atoms with van der Waals surface area (Å²) in [5.74, 6) is 1.94. The smallest absolute Gasteiger partial charge is 0.289 e. The van der Waals surface area contributed by atoms with Crippen LogP contribution in [0.15, 0.2) is 33.2 Å². The summed E-state index contributed by atoms with van der Waals surface area (Å²) in [6, 6.07) is 7.67. The van der Waals surface area contributed by atoms with Gasteiger partial charge >= 0.3 is 0 Å². The number of furan rings is 1. The van der Waals surface area contributed by atoms with E-state index in [-0.39, 0.29) is 18.3 Å². The van der Waals surface area contributed by atoms with E-state index in [9.17, 15) is 4.79 Å². The molecule has 0 spiro atoms. The molecule has 2 aliphatic rings. The number of benzene rings is 1. The molecule has 4 rings (SSSR count). The van der Waals surface area contributed by atoms with Crippen molar-refractivity contribution in [2.45, 2.75) is 12.8 Å². The standard InChI is InChI=1S/C17H19BrN2O2.ClH/c18-14-1-2-15-13(7-14)8-16(22-15)17(21)20-5-3-11-9-19-10-12(11)4-6-20;/h1-2,7-8,11-12,19H,3-6,9-10H2;1H/t11-,12+;. The topological polar surface area (TPSA) is 45.5 Å². The van der Waals surface area contributed by atoms with Crippen molar-refractivity contribution in [3.05, 3.63) is 34.5 Å². The third-order valence-electron chi connectivity index (χ3n) is 5.00. The number of hydrogen-bond acceptors (Lipinski definition) is 3. The van der Waals surface area contributed by atoms with E-state index in [1.54, 1.807) is 0 Å². The van der Waals surface area contributed by atoms with Crippen molar-refractivity contribution in [1.29, 1.82) is 0 Å². The van der Waals surface area contributed by atoms with Crippen LogP contribution in [0.5, 0.6) is 0 Å². The van der Waals surface area contributed by atoms with E-state index in [1.807, 2.05) is 29.2 Å². The van der Waals surface area contributed by atoms with Crippen LogP contribution in [0.2, 0.25) is 0 Å². The predicted molar refractivity (Wildman–Crippen MR) is 96.1 cm³/mol. The molecule has 0 unspecified atom stereocenters. The van der Waals surface area contributed by atoms with E-state index in [2.05, 4.69) is 21.2 Å². The van der Waals surface area contributed by atoms with Crippen LogP contribution >= 0.6 is 28.3 Å². The summed E-state index contributed by atoms with van der Waals surface area (Å²) in [6.45, 7) is 3.88. The van der Waals surface area contributed by atoms with Gasteiger partial charge in [0.15, 0.2) is 5.76 Å². The number of nitrogens with zero attached hydrogens (tertiary/aromatic N) is 1. The van der Waals surface area contributed by atoms with Gasteiger partial charge in [-0.25, -0.2) is 0 Å². The van der Waals surface area contributed by atoms with Crippen molar-refractivity contribution >= 4 is 45.2 Å². The number of likely N-dealkylation sites (tertiary alicyclic amines) is 1. The predicted octanol–water partition coefficient (Wildman–Crippen LogP) is 3.69. The lowest BCUT2D eigenvalue weighted by molar-refractivity contribution is 0.0729. The Hall–Kier alpha value is -1.04. The van der Waals surface area contributed by atoms with E-state index in [1.165, 1.54) is 0 Å². The first-order chi connectivity index (χ1) is 10.7. The molecule has 2 atom stereocenters. The zero-order valence-electron chi connectivity index (χ0n) is 12.8. The maximum atomic E-state index is 12.7. The molecule has 2 saturated heterocycles. The summed E-state index contributed by atoms with van der Waals surface area (Å²) in [5.41, 5.74) is 0.766. The number of carbonyl (C=O) groups is 1. The molecule has 4 nitrogen and oxygen atoms in total. The molecule has 0 bridgehead atoms. The summed E-state index contributed by atoms with van der Waals surface area (Å²) < 4.78 is 6.74. The van der Waals surface area contributed by atoms with Gasteiger partial charge in [0.25, 0.3) is 5.91 Å². The van der Waals surface area contributed by atoms with Crippen LogP contribution in [0.25, 0.3) is 11.0 Å². The lowest BCUT2D eigenvalue weighted by Gasteiger charge is -2.19. The largest absolute Gasteiger partial charge is 0.451 e.